The summed E-state index contributed by atoms with van der Waals surface area (Å²) < 4.78 is 31.2. The van der Waals surface area contributed by atoms with Crippen molar-refractivity contribution in [2.24, 2.45) is 0 Å². The normalized spacial score (nSPS) is 11.8. The van der Waals surface area contributed by atoms with Gasteiger partial charge in [0.25, 0.3) is 0 Å². The standard InChI is InChI=1S/C11H18BrN3O3S/c1-15(2)4-5-18-8-11-10(14-19(3,16)17)6-9(12)7-13-11/h6-7,14H,4-5,8H2,1-3H3. The summed E-state index contributed by atoms with van der Waals surface area (Å²) >= 11 is 3.26. The molecule has 0 unspecified atom stereocenters. The first kappa shape index (κ1) is 16.4. The second kappa shape index (κ2) is 7.18. The molecule has 0 fully saturated rings. The molecule has 108 valence electrons. The average molecular weight is 352 g/mol. The molecule has 0 bridgehead atoms. The van der Waals surface area contributed by atoms with Gasteiger partial charge in [0, 0.05) is 17.2 Å². The van der Waals surface area contributed by atoms with Crippen molar-refractivity contribution in [3.8, 4) is 0 Å². The largest absolute Gasteiger partial charge is 0.374 e. The van der Waals surface area contributed by atoms with Crippen LogP contribution in [-0.2, 0) is 21.4 Å². The Morgan fingerprint density at radius 2 is 2.16 bits per heavy atom. The third kappa shape index (κ3) is 6.86. The summed E-state index contributed by atoms with van der Waals surface area (Å²) in [5, 5.41) is 0. The second-order valence-electron chi connectivity index (χ2n) is 4.38. The van der Waals surface area contributed by atoms with Gasteiger partial charge in [0.05, 0.1) is 30.9 Å². The molecule has 8 heteroatoms. The summed E-state index contributed by atoms with van der Waals surface area (Å²) in [6.07, 6.45) is 2.71. The molecule has 0 aromatic carbocycles. The monoisotopic (exact) mass is 351 g/mol. The third-order valence-corrected chi connectivity index (χ3v) is 3.18. The molecular formula is C11H18BrN3O3S. The molecule has 1 heterocycles. The molecule has 0 aliphatic heterocycles. The fraction of sp³-hybridized carbons (Fsp3) is 0.545. The van der Waals surface area contributed by atoms with Gasteiger partial charge in [-0.15, -0.1) is 0 Å². The molecule has 0 atom stereocenters. The zero-order valence-electron chi connectivity index (χ0n) is 11.2. The van der Waals surface area contributed by atoms with E-state index in [-0.39, 0.29) is 6.61 Å². The van der Waals surface area contributed by atoms with Gasteiger partial charge in [0.15, 0.2) is 0 Å². The minimum atomic E-state index is -3.34. The number of likely N-dealkylation sites (N-methyl/N-ethyl adjacent to an activating group) is 1. The number of hydrogen-bond acceptors (Lipinski definition) is 5. The molecule has 0 saturated heterocycles. The fourth-order valence-corrected chi connectivity index (χ4v) is 2.19. The number of nitrogens with one attached hydrogen (secondary N) is 1. The number of sulfonamides is 1. The Bertz CT molecular complexity index is 520. The van der Waals surface area contributed by atoms with Gasteiger partial charge in [0.1, 0.15) is 0 Å². The first-order valence-electron chi connectivity index (χ1n) is 5.62. The molecule has 1 aromatic heterocycles. The predicted octanol–water partition coefficient (Wildman–Crippen LogP) is 1.29. The van der Waals surface area contributed by atoms with Crippen molar-refractivity contribution < 1.29 is 13.2 Å². The predicted molar refractivity (Wildman–Crippen MR) is 78.6 cm³/mol. The van der Waals surface area contributed by atoms with E-state index in [0.717, 1.165) is 12.8 Å². The molecule has 0 radical (unpaired) electrons. The number of ether oxygens (including phenoxy) is 1. The zero-order valence-corrected chi connectivity index (χ0v) is 13.6. The van der Waals surface area contributed by atoms with Crippen LogP contribution in [0.1, 0.15) is 5.69 Å². The van der Waals surface area contributed by atoms with Crippen molar-refractivity contribution in [2.45, 2.75) is 6.61 Å². The van der Waals surface area contributed by atoms with Gasteiger partial charge < -0.3 is 9.64 Å². The van der Waals surface area contributed by atoms with Crippen LogP contribution in [0.4, 0.5) is 5.69 Å². The van der Waals surface area contributed by atoms with Crippen LogP contribution in [-0.4, -0.2) is 51.8 Å². The van der Waals surface area contributed by atoms with E-state index in [1.165, 1.54) is 0 Å². The summed E-state index contributed by atoms with van der Waals surface area (Å²) in [5.74, 6) is 0. The number of anilines is 1. The quantitative estimate of drug-likeness (QED) is 0.749. The molecule has 0 spiro atoms. The van der Waals surface area contributed by atoms with Crippen molar-refractivity contribution in [1.82, 2.24) is 9.88 Å². The Kier molecular flexibility index (Phi) is 6.18. The van der Waals surface area contributed by atoms with Crippen LogP contribution in [0.5, 0.6) is 0 Å². The molecule has 0 amide bonds. The van der Waals surface area contributed by atoms with Crippen LogP contribution in [0.25, 0.3) is 0 Å². The summed E-state index contributed by atoms with van der Waals surface area (Å²) in [7, 11) is 0.577. The average Bonchev–Trinajstić information content (AvgIpc) is 2.24. The van der Waals surface area contributed by atoms with Crippen LogP contribution in [0.2, 0.25) is 0 Å². The van der Waals surface area contributed by atoms with Crippen LogP contribution >= 0.6 is 15.9 Å². The number of halogens is 1. The lowest BCUT2D eigenvalue weighted by atomic mass is 10.3. The van der Waals surface area contributed by atoms with Crippen molar-refractivity contribution >= 4 is 31.6 Å². The Hall–Kier alpha value is -0.700. The highest BCUT2D eigenvalue weighted by atomic mass is 79.9. The maximum Gasteiger partial charge on any atom is 0.229 e. The van der Waals surface area contributed by atoms with Gasteiger partial charge >= 0.3 is 0 Å². The van der Waals surface area contributed by atoms with E-state index in [9.17, 15) is 8.42 Å². The molecule has 0 aliphatic rings. The smallest absolute Gasteiger partial charge is 0.229 e. The number of nitrogens with zero attached hydrogens (tertiary/aromatic N) is 2. The van der Waals surface area contributed by atoms with Crippen molar-refractivity contribution in [3.63, 3.8) is 0 Å². The van der Waals surface area contributed by atoms with E-state index in [1.54, 1.807) is 12.3 Å². The highest BCUT2D eigenvalue weighted by Crippen LogP contribution is 2.20. The van der Waals surface area contributed by atoms with Gasteiger partial charge in [-0.2, -0.15) is 0 Å². The van der Waals surface area contributed by atoms with E-state index in [0.29, 0.717) is 22.5 Å². The SMILES string of the molecule is CN(C)CCOCc1ncc(Br)cc1NS(C)(=O)=O. The lowest BCUT2D eigenvalue weighted by molar-refractivity contribution is 0.103. The fourth-order valence-electron chi connectivity index (χ4n) is 1.29. The summed E-state index contributed by atoms with van der Waals surface area (Å²) in [6, 6.07) is 1.67. The molecule has 1 aromatic rings. The Balaban J connectivity index is 2.71. The van der Waals surface area contributed by atoms with Gasteiger partial charge in [-0.05, 0) is 36.1 Å². The lowest BCUT2D eigenvalue weighted by Crippen LogP contribution is -2.18. The minimum Gasteiger partial charge on any atom is -0.374 e. The lowest BCUT2D eigenvalue weighted by Gasteiger charge is -2.12. The highest BCUT2D eigenvalue weighted by molar-refractivity contribution is 9.10. The van der Waals surface area contributed by atoms with Gasteiger partial charge in [-0.25, -0.2) is 8.42 Å². The molecule has 6 nitrogen and oxygen atoms in total. The maximum atomic E-state index is 11.3. The molecular weight excluding hydrogens is 334 g/mol. The van der Waals surface area contributed by atoms with E-state index in [4.69, 9.17) is 4.74 Å². The highest BCUT2D eigenvalue weighted by Gasteiger charge is 2.10. The Morgan fingerprint density at radius 3 is 2.74 bits per heavy atom. The van der Waals surface area contributed by atoms with Crippen LogP contribution in [0, 0.1) is 0 Å². The van der Waals surface area contributed by atoms with Crippen LogP contribution in [0.3, 0.4) is 0 Å². The van der Waals surface area contributed by atoms with Crippen LogP contribution in [0.15, 0.2) is 16.7 Å². The maximum absolute atomic E-state index is 11.3. The molecule has 1 rings (SSSR count). The van der Waals surface area contributed by atoms with Crippen molar-refractivity contribution in [1.29, 1.82) is 0 Å². The summed E-state index contributed by atoms with van der Waals surface area (Å²) in [5.41, 5.74) is 0.995. The Morgan fingerprint density at radius 1 is 1.47 bits per heavy atom. The van der Waals surface area contributed by atoms with E-state index in [2.05, 4.69) is 25.6 Å². The summed E-state index contributed by atoms with van der Waals surface area (Å²) in [4.78, 5) is 6.17. The van der Waals surface area contributed by atoms with Crippen molar-refractivity contribution in [2.75, 3.05) is 38.2 Å². The third-order valence-electron chi connectivity index (χ3n) is 2.15. The van der Waals surface area contributed by atoms with Gasteiger partial charge in [-0.3, -0.25) is 9.71 Å². The number of hydrogen-bond donors (Lipinski definition) is 1. The van der Waals surface area contributed by atoms with Crippen LogP contribution < -0.4 is 4.72 Å². The molecule has 0 aliphatic carbocycles. The first-order chi connectivity index (χ1) is 8.78. The minimum absolute atomic E-state index is 0.263. The Labute approximate surface area is 122 Å². The first-order valence-corrected chi connectivity index (χ1v) is 8.31. The topological polar surface area (TPSA) is 71.5 Å². The molecule has 1 N–H and O–H groups in total. The number of rotatable bonds is 7. The van der Waals surface area contributed by atoms with E-state index >= 15 is 0 Å². The zero-order chi connectivity index (χ0) is 14.5. The number of pyridine rings is 1. The van der Waals surface area contributed by atoms with E-state index in [1.807, 2.05) is 19.0 Å². The summed E-state index contributed by atoms with van der Waals surface area (Å²) in [6.45, 7) is 1.62. The number of aromatic nitrogens is 1. The van der Waals surface area contributed by atoms with Crippen molar-refractivity contribution in [3.05, 3.63) is 22.4 Å². The molecule has 19 heavy (non-hydrogen) atoms. The van der Waals surface area contributed by atoms with E-state index < -0.39 is 10.0 Å². The van der Waals surface area contributed by atoms with Gasteiger partial charge in [-0.1, -0.05) is 0 Å². The second-order valence-corrected chi connectivity index (χ2v) is 7.04. The van der Waals surface area contributed by atoms with Gasteiger partial charge in [0.2, 0.25) is 10.0 Å². The molecule has 0 saturated carbocycles.